The van der Waals surface area contributed by atoms with Crippen molar-refractivity contribution in [3.8, 4) is 27.4 Å². The smallest absolute Gasteiger partial charge is 0.451 e. The molecular formula is C31H23F5N4O6S. The number of nitrogens with zero attached hydrogens (tertiary/aromatic N) is 4. The van der Waals surface area contributed by atoms with E-state index in [1.54, 1.807) is 24.3 Å². The van der Waals surface area contributed by atoms with Gasteiger partial charge in [0.2, 0.25) is 18.0 Å². The maximum atomic E-state index is 15.9. The molecule has 0 radical (unpaired) electrons. The lowest BCUT2D eigenvalue weighted by molar-refractivity contribution is -0.189. The average molecular weight is 675 g/mol. The summed E-state index contributed by atoms with van der Waals surface area (Å²) in [6.45, 7) is -1.16. The van der Waals surface area contributed by atoms with Crippen molar-refractivity contribution in [2.75, 3.05) is 25.5 Å². The number of aromatic nitrogens is 2. The number of fused-ring (bicyclic) bond motifs is 7. The molecule has 3 aliphatic rings. The van der Waals surface area contributed by atoms with Gasteiger partial charge in [0, 0.05) is 24.4 Å². The fourth-order valence-corrected chi connectivity index (χ4v) is 7.42. The van der Waals surface area contributed by atoms with Gasteiger partial charge in [-0.1, -0.05) is 30.3 Å². The molecule has 1 amide bonds. The Labute approximate surface area is 266 Å². The van der Waals surface area contributed by atoms with Crippen LogP contribution in [-0.4, -0.2) is 59.4 Å². The van der Waals surface area contributed by atoms with Crippen molar-refractivity contribution in [1.82, 2.24) is 14.6 Å². The Bertz CT molecular complexity index is 1980. The SMILES string of the molecule is COC(=O)OCOc1c2n(ccc1=O)N([C@@H]1c3ccccc3-c3scnc3-c3c1ccc(F)c3F)[C@@H]1CC(C(F)(F)F)CCN1C2=O. The summed E-state index contributed by atoms with van der Waals surface area (Å²) in [6.07, 6.45) is -6.72. The van der Waals surface area contributed by atoms with Crippen molar-refractivity contribution >= 4 is 23.4 Å². The number of methoxy groups -OCH3 is 1. The molecule has 16 heteroatoms. The lowest BCUT2D eigenvalue weighted by atomic mass is 9.88. The Morgan fingerprint density at radius 1 is 1.09 bits per heavy atom. The first kappa shape index (κ1) is 30.7. The second-order valence-electron chi connectivity index (χ2n) is 11.0. The fourth-order valence-electron chi connectivity index (χ4n) is 6.58. The highest BCUT2D eigenvalue weighted by atomic mass is 32.1. The molecule has 0 spiro atoms. The second kappa shape index (κ2) is 11.4. The molecule has 1 saturated heterocycles. The maximum absolute atomic E-state index is 15.9. The molecule has 0 saturated carbocycles. The van der Waals surface area contributed by atoms with E-state index in [2.05, 4.69) is 9.72 Å². The van der Waals surface area contributed by atoms with Crippen molar-refractivity contribution < 1.29 is 45.8 Å². The minimum atomic E-state index is -4.59. The summed E-state index contributed by atoms with van der Waals surface area (Å²) in [5.41, 5.74) is 1.59. The van der Waals surface area contributed by atoms with Crippen LogP contribution in [0.5, 0.6) is 5.75 Å². The number of alkyl halides is 3. The van der Waals surface area contributed by atoms with Crippen LogP contribution in [0.2, 0.25) is 0 Å². The van der Waals surface area contributed by atoms with Gasteiger partial charge in [-0.2, -0.15) is 13.2 Å². The number of hydrogen-bond donors (Lipinski definition) is 0. The van der Waals surface area contributed by atoms with E-state index in [0.717, 1.165) is 19.2 Å². The number of piperidine rings is 1. The van der Waals surface area contributed by atoms with E-state index in [4.69, 9.17) is 9.47 Å². The molecule has 4 aromatic rings. The van der Waals surface area contributed by atoms with Gasteiger partial charge in [0.25, 0.3) is 5.91 Å². The van der Waals surface area contributed by atoms with E-state index in [-0.39, 0.29) is 29.1 Å². The number of halogens is 5. The second-order valence-corrected chi connectivity index (χ2v) is 11.9. The number of amides is 1. The molecule has 2 aliphatic heterocycles. The van der Waals surface area contributed by atoms with E-state index >= 15 is 4.39 Å². The van der Waals surface area contributed by atoms with Crippen LogP contribution in [0.1, 0.15) is 40.5 Å². The minimum absolute atomic E-state index is 0.155. The summed E-state index contributed by atoms with van der Waals surface area (Å²) in [5.74, 6) is -5.47. The molecule has 1 unspecified atom stereocenters. The first-order valence-corrected chi connectivity index (χ1v) is 15.2. The summed E-state index contributed by atoms with van der Waals surface area (Å²) in [7, 11) is 1.05. The zero-order chi connectivity index (χ0) is 33.2. The van der Waals surface area contributed by atoms with E-state index < -0.39 is 78.8 Å². The average Bonchev–Trinajstić information content (AvgIpc) is 3.50. The minimum Gasteiger partial charge on any atom is -0.451 e. The van der Waals surface area contributed by atoms with Crippen LogP contribution in [0.15, 0.2) is 59.0 Å². The molecule has 2 aromatic carbocycles. The third-order valence-corrected chi connectivity index (χ3v) is 9.49. The van der Waals surface area contributed by atoms with Gasteiger partial charge in [-0.15, -0.1) is 11.3 Å². The number of thiazole rings is 1. The van der Waals surface area contributed by atoms with Crippen LogP contribution < -0.4 is 15.2 Å². The van der Waals surface area contributed by atoms with Gasteiger partial charge >= 0.3 is 12.3 Å². The highest BCUT2D eigenvalue weighted by molar-refractivity contribution is 7.13. The number of rotatable bonds is 4. The summed E-state index contributed by atoms with van der Waals surface area (Å²) in [4.78, 5) is 44.8. The molecule has 3 atom stereocenters. The molecule has 4 heterocycles. The van der Waals surface area contributed by atoms with E-state index in [1.807, 2.05) is 0 Å². The number of benzene rings is 2. The number of ether oxygens (including phenoxy) is 3. The van der Waals surface area contributed by atoms with Crippen molar-refractivity contribution in [1.29, 1.82) is 0 Å². The van der Waals surface area contributed by atoms with E-state index in [0.29, 0.717) is 16.0 Å². The van der Waals surface area contributed by atoms with Crippen LogP contribution >= 0.6 is 11.3 Å². The largest absolute Gasteiger partial charge is 0.510 e. The normalized spacial score (nSPS) is 19.9. The maximum Gasteiger partial charge on any atom is 0.510 e. The number of pyridine rings is 1. The zero-order valence-electron chi connectivity index (χ0n) is 24.3. The topological polar surface area (TPSA) is 103 Å². The molecule has 0 bridgehead atoms. The van der Waals surface area contributed by atoms with Crippen LogP contribution in [0, 0.1) is 17.6 Å². The molecule has 47 heavy (non-hydrogen) atoms. The molecule has 0 N–H and O–H groups in total. The summed E-state index contributed by atoms with van der Waals surface area (Å²) >= 11 is 1.19. The van der Waals surface area contributed by atoms with E-state index in [1.165, 1.54) is 43.7 Å². The van der Waals surface area contributed by atoms with Gasteiger partial charge in [0.1, 0.15) is 6.17 Å². The predicted octanol–water partition coefficient (Wildman–Crippen LogP) is 5.83. The lowest BCUT2D eigenvalue weighted by Crippen LogP contribution is -2.65. The van der Waals surface area contributed by atoms with Crippen molar-refractivity contribution in [2.24, 2.45) is 5.92 Å². The third kappa shape index (κ3) is 4.89. The molecule has 7 rings (SSSR count). The molecule has 10 nitrogen and oxygen atoms in total. The highest BCUT2D eigenvalue weighted by Gasteiger charge is 2.52. The standard InChI is InChI=1S/C31H23F5N4O6S/c1-44-30(43)46-14-45-27-20(41)9-11-39-26(27)29(42)38-10-8-15(31(34,35)36)12-21(38)40(39)25-16-4-2-3-5-17(16)28-24(37-13-47-28)22-18(25)6-7-19(32)23(22)33/h2-7,9,11,13,15,21,25H,8,10,12,14H2,1H3/t15?,21-,25-/m1/s1. The lowest BCUT2D eigenvalue weighted by Gasteiger charge is -2.53. The van der Waals surface area contributed by atoms with Gasteiger partial charge < -0.3 is 19.1 Å². The fraction of sp³-hybridized carbons (Fsp3) is 0.290. The monoisotopic (exact) mass is 674 g/mol. The number of carbonyl (C=O) groups is 2. The van der Waals surface area contributed by atoms with Gasteiger partial charge in [0.05, 0.1) is 35.2 Å². The third-order valence-electron chi connectivity index (χ3n) is 8.63. The van der Waals surface area contributed by atoms with Crippen molar-refractivity contribution in [3.05, 3.63) is 92.9 Å². The predicted molar refractivity (Wildman–Crippen MR) is 156 cm³/mol. The first-order valence-electron chi connectivity index (χ1n) is 14.3. The van der Waals surface area contributed by atoms with Crippen molar-refractivity contribution in [3.63, 3.8) is 0 Å². The van der Waals surface area contributed by atoms with Crippen LogP contribution in [0.4, 0.5) is 26.7 Å². The molecule has 2 aromatic heterocycles. The highest BCUT2D eigenvalue weighted by Crippen LogP contribution is 2.51. The van der Waals surface area contributed by atoms with Crippen LogP contribution in [-0.2, 0) is 9.47 Å². The quantitative estimate of drug-likeness (QED) is 0.151. The molecule has 1 fully saturated rings. The summed E-state index contributed by atoms with van der Waals surface area (Å²) in [5, 5.41) is 1.47. The van der Waals surface area contributed by atoms with Crippen molar-refractivity contribution in [2.45, 2.75) is 31.2 Å². The molecule has 1 aliphatic carbocycles. The number of carbonyl (C=O) groups excluding carboxylic acids is 2. The van der Waals surface area contributed by atoms with Gasteiger partial charge in [-0.25, -0.2) is 18.6 Å². The Kier molecular flexibility index (Phi) is 7.41. The van der Waals surface area contributed by atoms with Gasteiger partial charge in [0.15, 0.2) is 17.3 Å². The Balaban J connectivity index is 1.50. The summed E-state index contributed by atoms with van der Waals surface area (Å²) < 4.78 is 89.4. The molecular weight excluding hydrogens is 651 g/mol. The Morgan fingerprint density at radius 3 is 2.64 bits per heavy atom. The summed E-state index contributed by atoms with van der Waals surface area (Å²) in [6, 6.07) is 9.09. The first-order chi connectivity index (χ1) is 22.5. The zero-order valence-corrected chi connectivity index (χ0v) is 25.1. The van der Waals surface area contributed by atoms with E-state index in [9.17, 15) is 31.9 Å². The van der Waals surface area contributed by atoms with Crippen LogP contribution in [0.3, 0.4) is 0 Å². The number of hydrogen-bond acceptors (Lipinski definition) is 9. The van der Waals surface area contributed by atoms with Gasteiger partial charge in [-0.05, 0) is 35.6 Å². The van der Waals surface area contributed by atoms with Gasteiger partial charge in [-0.3, -0.25) is 19.3 Å². The molecule has 244 valence electrons. The Morgan fingerprint density at radius 2 is 1.87 bits per heavy atom. The van der Waals surface area contributed by atoms with Crippen LogP contribution in [0.25, 0.3) is 21.7 Å². The Hall–Kier alpha value is -4.99.